The van der Waals surface area contributed by atoms with Gasteiger partial charge in [0.15, 0.2) is 11.4 Å². The number of hydrogen-bond acceptors (Lipinski definition) is 3. The molecule has 2 aromatic rings. The van der Waals surface area contributed by atoms with Crippen LogP contribution in [0.5, 0.6) is 0 Å². The van der Waals surface area contributed by atoms with E-state index >= 15 is 0 Å². The maximum absolute atomic E-state index is 13.2. The molecule has 0 aliphatic carbocycles. The lowest BCUT2D eigenvalue weighted by Crippen LogP contribution is -2.06. The number of carboxylic acid groups (broad SMARTS) is 1. The Labute approximate surface area is 82.6 Å². The second-order valence-corrected chi connectivity index (χ2v) is 2.90. The first-order valence-corrected chi connectivity index (χ1v) is 4.05. The molecule has 1 heterocycles. The maximum Gasteiger partial charge on any atom is 0.337 e. The molecule has 1 aromatic carbocycles. The van der Waals surface area contributed by atoms with Crippen LogP contribution in [0.4, 0.5) is 4.39 Å². The largest absolute Gasteiger partial charge is 0.478 e. The third-order valence-electron chi connectivity index (χ3n) is 1.95. The van der Waals surface area contributed by atoms with Gasteiger partial charge in [0.1, 0.15) is 0 Å². The van der Waals surface area contributed by atoms with Gasteiger partial charge < -0.3 is 9.52 Å². The molecule has 2 rings (SSSR count). The fourth-order valence-corrected chi connectivity index (χ4v) is 1.33. The lowest BCUT2D eigenvalue weighted by molar-refractivity contribution is 0.0698. The van der Waals surface area contributed by atoms with E-state index in [1.807, 2.05) is 0 Å². The molecule has 1 N–H and O–H groups in total. The number of halogens is 1. The van der Waals surface area contributed by atoms with Crippen LogP contribution >= 0.6 is 0 Å². The normalized spacial score (nSPS) is 10.5. The fraction of sp³-hybridized carbons (Fsp3) is 0. The Morgan fingerprint density at radius 1 is 1.40 bits per heavy atom. The summed E-state index contributed by atoms with van der Waals surface area (Å²) in [5.41, 5.74) is -1.48. The minimum absolute atomic E-state index is 0.0714. The molecule has 0 fully saturated rings. The van der Waals surface area contributed by atoms with E-state index in [1.165, 1.54) is 12.1 Å². The number of aromatic carboxylic acids is 1. The second-order valence-electron chi connectivity index (χ2n) is 2.90. The fourth-order valence-electron chi connectivity index (χ4n) is 1.33. The van der Waals surface area contributed by atoms with Crippen molar-refractivity contribution in [2.75, 3.05) is 0 Å². The van der Waals surface area contributed by atoms with Crippen molar-refractivity contribution in [3.05, 3.63) is 46.1 Å². The highest BCUT2D eigenvalue weighted by atomic mass is 19.1. The summed E-state index contributed by atoms with van der Waals surface area (Å²) in [7, 11) is 0. The number of hydrogen-bond donors (Lipinski definition) is 1. The number of carbonyl (C=O) groups is 1. The predicted molar refractivity (Wildman–Crippen MR) is 49.4 cm³/mol. The summed E-state index contributed by atoms with van der Waals surface area (Å²) in [4.78, 5) is 21.7. The van der Waals surface area contributed by atoms with Gasteiger partial charge in [-0.15, -0.1) is 0 Å². The van der Waals surface area contributed by atoms with E-state index in [-0.39, 0.29) is 16.5 Å². The molecule has 5 heteroatoms. The summed E-state index contributed by atoms with van der Waals surface area (Å²) in [6.07, 6.45) is 0. The van der Waals surface area contributed by atoms with E-state index in [4.69, 9.17) is 5.11 Å². The van der Waals surface area contributed by atoms with Crippen molar-refractivity contribution >= 4 is 16.9 Å². The molecule has 0 saturated carbocycles. The molecule has 0 bridgehead atoms. The van der Waals surface area contributed by atoms with E-state index in [1.54, 1.807) is 0 Å². The lowest BCUT2D eigenvalue weighted by atomic mass is 10.1. The molecule has 0 unspecified atom stereocenters. The molecule has 0 aliphatic rings. The summed E-state index contributed by atoms with van der Waals surface area (Å²) in [5, 5.41) is 8.87. The zero-order valence-corrected chi connectivity index (χ0v) is 7.36. The van der Waals surface area contributed by atoms with Crippen LogP contribution in [0.25, 0.3) is 11.0 Å². The third-order valence-corrected chi connectivity index (χ3v) is 1.95. The first-order valence-electron chi connectivity index (χ1n) is 4.05. The summed E-state index contributed by atoms with van der Waals surface area (Å²) in [6, 6.07) is 4.65. The number of fused-ring (bicyclic) bond motifs is 1. The molecule has 0 atom stereocenters. The van der Waals surface area contributed by atoms with Gasteiger partial charge in [0.2, 0.25) is 0 Å². The molecule has 0 saturated heterocycles. The lowest BCUT2D eigenvalue weighted by Gasteiger charge is -2.00. The van der Waals surface area contributed by atoms with Crippen molar-refractivity contribution in [3.63, 3.8) is 0 Å². The zero-order valence-electron chi connectivity index (χ0n) is 7.36. The van der Waals surface area contributed by atoms with Crippen LogP contribution in [0, 0.1) is 5.82 Å². The SMILES string of the molecule is O=C(O)c1cc(=O)oc2c(F)cccc12. The number of benzene rings is 1. The summed E-state index contributed by atoms with van der Waals surface area (Å²) in [6.45, 7) is 0. The molecule has 0 spiro atoms. The molecule has 0 amide bonds. The van der Waals surface area contributed by atoms with Crippen LogP contribution in [-0.4, -0.2) is 11.1 Å². The van der Waals surface area contributed by atoms with E-state index in [9.17, 15) is 14.0 Å². The molecule has 76 valence electrons. The second kappa shape index (κ2) is 3.20. The van der Waals surface area contributed by atoms with E-state index in [2.05, 4.69) is 4.42 Å². The van der Waals surface area contributed by atoms with Gasteiger partial charge in [0, 0.05) is 11.5 Å². The van der Waals surface area contributed by atoms with Crippen molar-refractivity contribution in [2.45, 2.75) is 0 Å². The van der Waals surface area contributed by atoms with Crippen molar-refractivity contribution < 1.29 is 18.7 Å². The molecule has 0 radical (unpaired) electrons. The van der Waals surface area contributed by atoms with Crippen LogP contribution in [-0.2, 0) is 0 Å². The molecule has 4 nitrogen and oxygen atoms in total. The van der Waals surface area contributed by atoms with Crippen LogP contribution in [0.2, 0.25) is 0 Å². The highest BCUT2D eigenvalue weighted by Gasteiger charge is 2.13. The maximum atomic E-state index is 13.2. The average Bonchev–Trinajstić information content (AvgIpc) is 2.18. The molecule has 0 aliphatic heterocycles. The Morgan fingerprint density at radius 3 is 2.80 bits per heavy atom. The highest BCUT2D eigenvalue weighted by molar-refractivity contribution is 6.01. The van der Waals surface area contributed by atoms with E-state index < -0.39 is 17.4 Å². The summed E-state index contributed by atoms with van der Waals surface area (Å²) in [5.74, 6) is -2.05. The minimum atomic E-state index is -1.29. The van der Waals surface area contributed by atoms with Crippen LogP contribution in [0.15, 0.2) is 33.5 Å². The minimum Gasteiger partial charge on any atom is -0.478 e. The molecular weight excluding hydrogens is 203 g/mol. The first kappa shape index (κ1) is 9.39. The Balaban J connectivity index is 2.99. The van der Waals surface area contributed by atoms with Gasteiger partial charge in [-0.05, 0) is 6.07 Å². The zero-order chi connectivity index (χ0) is 11.0. The Bertz CT molecular complexity index is 600. The van der Waals surface area contributed by atoms with Crippen LogP contribution in [0.1, 0.15) is 10.4 Å². The van der Waals surface area contributed by atoms with Gasteiger partial charge in [0.05, 0.1) is 5.56 Å². The predicted octanol–water partition coefficient (Wildman–Crippen LogP) is 1.63. The van der Waals surface area contributed by atoms with Crippen LogP contribution < -0.4 is 5.63 Å². The summed E-state index contributed by atoms with van der Waals surface area (Å²) >= 11 is 0. The number of rotatable bonds is 1. The van der Waals surface area contributed by atoms with Gasteiger partial charge in [-0.2, -0.15) is 0 Å². The Kier molecular flexibility index (Phi) is 2.00. The molecular formula is C10H5FO4. The van der Waals surface area contributed by atoms with Crippen molar-refractivity contribution in [3.8, 4) is 0 Å². The number of para-hydroxylation sites is 1. The van der Waals surface area contributed by atoms with Crippen LogP contribution in [0.3, 0.4) is 0 Å². The molecule has 15 heavy (non-hydrogen) atoms. The van der Waals surface area contributed by atoms with Gasteiger partial charge in [-0.1, -0.05) is 12.1 Å². The Hall–Kier alpha value is -2.17. The quantitative estimate of drug-likeness (QED) is 0.723. The number of carboxylic acids is 1. The van der Waals surface area contributed by atoms with Crippen molar-refractivity contribution in [2.24, 2.45) is 0 Å². The van der Waals surface area contributed by atoms with Crippen molar-refractivity contribution in [1.29, 1.82) is 0 Å². The summed E-state index contributed by atoms with van der Waals surface area (Å²) < 4.78 is 17.8. The topological polar surface area (TPSA) is 67.5 Å². The average molecular weight is 208 g/mol. The molecule has 1 aromatic heterocycles. The van der Waals surface area contributed by atoms with Gasteiger partial charge in [-0.25, -0.2) is 14.0 Å². The van der Waals surface area contributed by atoms with Crippen molar-refractivity contribution in [1.82, 2.24) is 0 Å². The van der Waals surface area contributed by atoms with Gasteiger partial charge in [0.25, 0.3) is 0 Å². The van der Waals surface area contributed by atoms with Gasteiger partial charge in [-0.3, -0.25) is 0 Å². The van der Waals surface area contributed by atoms with Gasteiger partial charge >= 0.3 is 11.6 Å². The monoisotopic (exact) mass is 208 g/mol. The smallest absolute Gasteiger partial charge is 0.337 e. The first-order chi connectivity index (χ1) is 7.09. The van der Waals surface area contributed by atoms with E-state index in [0.717, 1.165) is 12.1 Å². The third kappa shape index (κ3) is 1.48. The standard InChI is InChI=1S/C10H5FO4/c11-7-3-1-2-5-6(10(13)14)4-8(12)15-9(5)7/h1-4H,(H,13,14). The Morgan fingerprint density at radius 2 is 2.13 bits per heavy atom. The van der Waals surface area contributed by atoms with E-state index in [0.29, 0.717) is 0 Å². The highest BCUT2D eigenvalue weighted by Crippen LogP contribution is 2.19.